The fourth-order valence-electron chi connectivity index (χ4n) is 1.04. The van der Waals surface area contributed by atoms with E-state index in [0.717, 1.165) is 12.1 Å². The summed E-state index contributed by atoms with van der Waals surface area (Å²) in [5.41, 5.74) is -1.22. The maximum atomic E-state index is 10.7. The third-order valence-electron chi connectivity index (χ3n) is 1.73. The van der Waals surface area contributed by atoms with Crippen molar-refractivity contribution in [2.45, 2.75) is 4.90 Å². The molecule has 0 fully saturated rings. The molecule has 2 N–H and O–H groups in total. The van der Waals surface area contributed by atoms with Crippen LogP contribution in [0.2, 0.25) is 0 Å². The van der Waals surface area contributed by atoms with Crippen molar-refractivity contribution in [2.24, 2.45) is 0 Å². The number of carbonyl (C=O) groups is 2. The molecule has 1 aromatic rings. The van der Waals surface area contributed by atoms with E-state index in [0.29, 0.717) is 6.07 Å². The van der Waals surface area contributed by atoms with Crippen LogP contribution in [0.3, 0.4) is 0 Å². The molecule has 0 atom stereocenters. The molecule has 7 nitrogen and oxygen atoms in total. The van der Waals surface area contributed by atoms with E-state index in [1.165, 1.54) is 0 Å². The van der Waals surface area contributed by atoms with E-state index in [-0.39, 0.29) is 0 Å². The first-order valence-corrected chi connectivity index (χ1v) is 5.21. The second kappa shape index (κ2) is 3.91. The van der Waals surface area contributed by atoms with Gasteiger partial charge in [0.25, 0.3) is 0 Å². The van der Waals surface area contributed by atoms with Crippen molar-refractivity contribution in [1.82, 2.24) is 0 Å². The van der Waals surface area contributed by atoms with E-state index in [1.54, 1.807) is 0 Å². The molecule has 0 bridgehead atoms. The van der Waals surface area contributed by atoms with Crippen LogP contribution in [0.25, 0.3) is 0 Å². The SMILES string of the molecule is O=C(O)c1ccc(C(=O)O)c(S(=O)(=O)[O-])c1. The zero-order valence-corrected chi connectivity index (χ0v) is 8.39. The summed E-state index contributed by atoms with van der Waals surface area (Å²) < 4.78 is 32.2. The lowest BCUT2D eigenvalue weighted by molar-refractivity contribution is 0.0677. The Hall–Kier alpha value is -1.93. The number of aromatic carboxylic acids is 2. The van der Waals surface area contributed by atoms with Crippen molar-refractivity contribution in [3.63, 3.8) is 0 Å². The van der Waals surface area contributed by atoms with Crippen molar-refractivity contribution >= 4 is 22.1 Å². The highest BCUT2D eigenvalue weighted by atomic mass is 32.2. The third-order valence-corrected chi connectivity index (χ3v) is 2.60. The minimum atomic E-state index is -5.03. The maximum Gasteiger partial charge on any atom is 0.336 e. The van der Waals surface area contributed by atoms with Gasteiger partial charge in [-0.05, 0) is 18.2 Å². The van der Waals surface area contributed by atoms with Crippen molar-refractivity contribution in [1.29, 1.82) is 0 Å². The Morgan fingerprint density at radius 3 is 2.06 bits per heavy atom. The predicted octanol–water partition coefficient (Wildman–Crippen LogP) is -0.0129. The monoisotopic (exact) mass is 245 g/mol. The average molecular weight is 245 g/mol. The Labute approximate surface area is 89.7 Å². The standard InChI is InChI=1S/C8H6O7S/c9-7(10)4-1-2-5(8(11)12)6(3-4)16(13,14)15/h1-3H,(H,9,10)(H,11,12)(H,13,14,15)/p-1. The molecule has 0 aliphatic carbocycles. The Bertz CT molecular complexity index is 558. The van der Waals surface area contributed by atoms with Crippen LogP contribution >= 0.6 is 0 Å². The van der Waals surface area contributed by atoms with Gasteiger partial charge >= 0.3 is 11.9 Å². The van der Waals surface area contributed by atoms with Crippen LogP contribution in [0.4, 0.5) is 0 Å². The highest BCUT2D eigenvalue weighted by Gasteiger charge is 2.17. The van der Waals surface area contributed by atoms with Crippen molar-refractivity contribution < 1.29 is 32.8 Å². The van der Waals surface area contributed by atoms with Crippen LogP contribution in [0.15, 0.2) is 23.1 Å². The molecule has 8 heteroatoms. The molecule has 0 radical (unpaired) electrons. The molecule has 86 valence electrons. The van der Waals surface area contributed by atoms with Gasteiger partial charge in [-0.25, -0.2) is 18.0 Å². The summed E-state index contributed by atoms with van der Waals surface area (Å²) in [5, 5.41) is 17.2. The summed E-state index contributed by atoms with van der Waals surface area (Å²) in [6.45, 7) is 0. The van der Waals surface area contributed by atoms with E-state index >= 15 is 0 Å². The number of benzene rings is 1. The summed E-state index contributed by atoms with van der Waals surface area (Å²) in [7, 11) is -5.03. The van der Waals surface area contributed by atoms with Gasteiger partial charge in [0.1, 0.15) is 10.1 Å². The summed E-state index contributed by atoms with van der Waals surface area (Å²) >= 11 is 0. The van der Waals surface area contributed by atoms with E-state index in [1.807, 2.05) is 0 Å². The van der Waals surface area contributed by atoms with Gasteiger partial charge in [-0.15, -0.1) is 0 Å². The average Bonchev–Trinajstić information content (AvgIpc) is 2.15. The summed E-state index contributed by atoms with van der Waals surface area (Å²) in [6.07, 6.45) is 0. The zero-order chi connectivity index (χ0) is 12.5. The van der Waals surface area contributed by atoms with E-state index in [4.69, 9.17) is 10.2 Å². The summed E-state index contributed by atoms with van der Waals surface area (Å²) in [5.74, 6) is -3.08. The molecule has 0 spiro atoms. The van der Waals surface area contributed by atoms with Crippen LogP contribution in [-0.4, -0.2) is 35.1 Å². The first kappa shape index (κ1) is 12.1. The second-order valence-electron chi connectivity index (χ2n) is 2.78. The van der Waals surface area contributed by atoms with Gasteiger partial charge < -0.3 is 14.8 Å². The first-order valence-electron chi connectivity index (χ1n) is 3.80. The van der Waals surface area contributed by atoms with Gasteiger partial charge in [0.05, 0.1) is 16.0 Å². The first-order chi connectivity index (χ1) is 7.23. The van der Waals surface area contributed by atoms with Crippen molar-refractivity contribution in [3.8, 4) is 0 Å². The van der Waals surface area contributed by atoms with Crippen LogP contribution in [0, 0.1) is 0 Å². The van der Waals surface area contributed by atoms with Gasteiger partial charge in [0, 0.05) is 0 Å². The largest absolute Gasteiger partial charge is 0.744 e. The van der Waals surface area contributed by atoms with E-state index in [2.05, 4.69) is 0 Å². The van der Waals surface area contributed by atoms with Gasteiger partial charge in [-0.1, -0.05) is 0 Å². The second-order valence-corrected chi connectivity index (χ2v) is 4.12. The Balaban J connectivity index is 3.58. The Morgan fingerprint density at radius 2 is 1.69 bits per heavy atom. The molecular formula is C8H5O7S-. The Kier molecular flexibility index (Phi) is 2.97. The number of hydrogen-bond acceptors (Lipinski definition) is 5. The van der Waals surface area contributed by atoms with Crippen molar-refractivity contribution in [3.05, 3.63) is 29.3 Å². The van der Waals surface area contributed by atoms with Crippen molar-refractivity contribution in [2.75, 3.05) is 0 Å². The Morgan fingerprint density at radius 1 is 1.12 bits per heavy atom. The predicted molar refractivity (Wildman–Crippen MR) is 48.3 cm³/mol. The topological polar surface area (TPSA) is 132 Å². The number of carboxylic acids is 2. The molecule has 0 aliphatic rings. The molecule has 0 amide bonds. The molecule has 0 aliphatic heterocycles. The lowest BCUT2D eigenvalue weighted by Gasteiger charge is -2.10. The van der Waals surface area contributed by atoms with Crippen LogP contribution in [0.1, 0.15) is 20.7 Å². The van der Waals surface area contributed by atoms with Gasteiger partial charge in [-0.3, -0.25) is 0 Å². The molecule has 0 heterocycles. The maximum absolute atomic E-state index is 10.7. The molecule has 1 aromatic carbocycles. The van der Waals surface area contributed by atoms with Gasteiger partial charge in [-0.2, -0.15) is 0 Å². The highest BCUT2D eigenvalue weighted by molar-refractivity contribution is 7.85. The van der Waals surface area contributed by atoms with Crippen LogP contribution in [0.5, 0.6) is 0 Å². The van der Waals surface area contributed by atoms with Crippen LogP contribution < -0.4 is 0 Å². The zero-order valence-electron chi connectivity index (χ0n) is 7.58. The van der Waals surface area contributed by atoms with Crippen LogP contribution in [-0.2, 0) is 10.1 Å². The highest BCUT2D eigenvalue weighted by Crippen LogP contribution is 2.17. The van der Waals surface area contributed by atoms with Gasteiger partial charge in [0.2, 0.25) is 0 Å². The fourth-order valence-corrected chi connectivity index (χ4v) is 1.73. The fraction of sp³-hybridized carbons (Fsp3) is 0. The minimum Gasteiger partial charge on any atom is -0.744 e. The summed E-state index contributed by atoms with van der Waals surface area (Å²) in [4.78, 5) is 20.1. The molecule has 0 unspecified atom stereocenters. The van der Waals surface area contributed by atoms with E-state index < -0.39 is 38.1 Å². The third kappa shape index (κ3) is 2.35. The molecule has 1 rings (SSSR count). The number of rotatable bonds is 3. The molecule has 0 saturated carbocycles. The molecule has 16 heavy (non-hydrogen) atoms. The normalized spacial score (nSPS) is 11.1. The molecular weight excluding hydrogens is 240 g/mol. The van der Waals surface area contributed by atoms with Gasteiger partial charge in [0.15, 0.2) is 0 Å². The smallest absolute Gasteiger partial charge is 0.336 e. The lowest BCUT2D eigenvalue weighted by Crippen LogP contribution is -2.10. The molecule has 0 saturated heterocycles. The quantitative estimate of drug-likeness (QED) is 0.715. The summed E-state index contributed by atoms with van der Waals surface area (Å²) in [6, 6.07) is 2.19. The number of carboxylic acid groups (broad SMARTS) is 2. The minimum absolute atomic E-state index is 0.473. The molecule has 0 aromatic heterocycles. The van der Waals surface area contributed by atoms with E-state index in [9.17, 15) is 22.6 Å². The number of hydrogen-bond donors (Lipinski definition) is 2. The lowest BCUT2D eigenvalue weighted by atomic mass is 10.1.